The molecule has 6 heteroatoms. The van der Waals surface area contributed by atoms with Gasteiger partial charge in [0.2, 0.25) is 0 Å². The van der Waals surface area contributed by atoms with E-state index in [1.807, 2.05) is 12.1 Å². The summed E-state index contributed by atoms with van der Waals surface area (Å²) in [5.41, 5.74) is 7.43. The molecule has 0 aliphatic heterocycles. The van der Waals surface area contributed by atoms with Crippen molar-refractivity contribution in [2.75, 3.05) is 7.11 Å². The molecule has 0 aliphatic carbocycles. The third kappa shape index (κ3) is 5.55. The largest absolute Gasteiger partial charge is 0.693 e. The van der Waals surface area contributed by atoms with Crippen molar-refractivity contribution >= 4 is 36.0 Å². The minimum absolute atomic E-state index is 0. The SMILES string of the molecule is C=CC[Si](C)(C)c1ccc(/C=C(\[NH-])C(=O)OC)s1.[Ac]. The van der Waals surface area contributed by atoms with Crippen LogP contribution >= 0.6 is 11.3 Å². The minimum Gasteiger partial charge on any atom is -0.693 e. The molecular formula is C13H18AcNO2SSi-. The van der Waals surface area contributed by atoms with Crippen molar-refractivity contribution in [2.24, 2.45) is 0 Å². The summed E-state index contributed by atoms with van der Waals surface area (Å²) in [6.07, 6.45) is 3.52. The third-order valence-corrected chi connectivity index (χ3v) is 8.26. The summed E-state index contributed by atoms with van der Waals surface area (Å²) >= 11 is 1.65. The summed E-state index contributed by atoms with van der Waals surface area (Å²) in [6, 6.07) is 5.08. The Kier molecular flexibility index (Phi) is 8.46. The second-order valence-electron chi connectivity index (χ2n) is 4.63. The third-order valence-electron chi connectivity index (χ3n) is 2.64. The molecule has 0 amide bonds. The van der Waals surface area contributed by atoms with Crippen LogP contribution in [0.2, 0.25) is 19.1 Å². The molecule has 0 atom stereocenters. The maximum absolute atomic E-state index is 11.1. The molecule has 0 spiro atoms. The first-order valence-corrected chi connectivity index (χ1v) is 9.66. The number of nitrogens with one attached hydrogen (secondary N) is 1. The normalized spacial score (nSPS) is 11.6. The Morgan fingerprint density at radius 2 is 2.16 bits per heavy atom. The van der Waals surface area contributed by atoms with E-state index in [0.717, 1.165) is 10.9 Å². The summed E-state index contributed by atoms with van der Waals surface area (Å²) < 4.78 is 5.86. The van der Waals surface area contributed by atoms with Crippen LogP contribution in [0.4, 0.5) is 0 Å². The van der Waals surface area contributed by atoms with Crippen LogP contribution in [0.25, 0.3) is 11.8 Å². The first kappa shape index (κ1) is 19.1. The van der Waals surface area contributed by atoms with Crippen LogP contribution in [0.3, 0.4) is 0 Å². The van der Waals surface area contributed by atoms with Crippen molar-refractivity contribution in [3.8, 4) is 0 Å². The summed E-state index contributed by atoms with van der Waals surface area (Å²) in [5.74, 6) is -0.604. The number of methoxy groups -OCH3 is 1. The second kappa shape index (κ2) is 8.41. The van der Waals surface area contributed by atoms with Gasteiger partial charge in [-0.2, -0.15) is 0 Å². The Labute approximate surface area is 155 Å². The number of carbonyl (C=O) groups is 1. The van der Waals surface area contributed by atoms with Crippen molar-refractivity contribution in [1.82, 2.24) is 0 Å². The van der Waals surface area contributed by atoms with E-state index in [1.54, 1.807) is 17.4 Å². The van der Waals surface area contributed by atoms with Crippen molar-refractivity contribution < 1.29 is 53.6 Å². The van der Waals surface area contributed by atoms with Gasteiger partial charge >= 0.3 is 5.97 Å². The van der Waals surface area contributed by atoms with Crippen LogP contribution in [0.5, 0.6) is 0 Å². The van der Waals surface area contributed by atoms with E-state index >= 15 is 0 Å². The maximum Gasteiger partial charge on any atom is 0.315 e. The molecule has 0 saturated heterocycles. The van der Waals surface area contributed by atoms with E-state index < -0.39 is 14.0 Å². The number of ether oxygens (including phenoxy) is 1. The second-order valence-corrected chi connectivity index (χ2v) is 10.8. The van der Waals surface area contributed by atoms with Gasteiger partial charge in [0.15, 0.2) is 0 Å². The van der Waals surface area contributed by atoms with E-state index in [1.165, 1.54) is 11.6 Å². The predicted molar refractivity (Wildman–Crippen MR) is 80.8 cm³/mol. The Bertz CT molecular complexity index is 483. The van der Waals surface area contributed by atoms with E-state index in [-0.39, 0.29) is 49.8 Å². The van der Waals surface area contributed by atoms with Gasteiger partial charge in [-0.05, 0) is 16.6 Å². The van der Waals surface area contributed by atoms with Gasteiger partial charge in [0.1, 0.15) is 0 Å². The molecular weight excluding hydrogens is 489 g/mol. The van der Waals surface area contributed by atoms with Crippen LogP contribution in [-0.2, 0) is 9.53 Å². The molecule has 1 N–H and O–H groups in total. The summed E-state index contributed by atoms with van der Waals surface area (Å²) in [5, 5.41) is 0. The van der Waals surface area contributed by atoms with E-state index in [4.69, 9.17) is 5.73 Å². The monoisotopic (exact) mass is 507 g/mol. The van der Waals surface area contributed by atoms with Gasteiger partial charge in [-0.3, -0.25) is 0 Å². The van der Waals surface area contributed by atoms with Crippen LogP contribution in [0, 0.1) is 44.1 Å². The molecule has 0 unspecified atom stereocenters. The molecule has 1 heterocycles. The molecule has 3 nitrogen and oxygen atoms in total. The van der Waals surface area contributed by atoms with Gasteiger partial charge in [-0.1, -0.05) is 37.0 Å². The van der Waals surface area contributed by atoms with Crippen LogP contribution in [0.15, 0.2) is 30.5 Å². The van der Waals surface area contributed by atoms with Gasteiger partial charge in [0.05, 0.1) is 15.2 Å². The van der Waals surface area contributed by atoms with Crippen LogP contribution in [0.1, 0.15) is 4.88 Å². The Balaban J connectivity index is 0.00000324. The number of hydrogen-bond acceptors (Lipinski definition) is 3. The molecule has 0 aromatic carbocycles. The zero-order chi connectivity index (χ0) is 13.8. The molecule has 101 valence electrons. The van der Waals surface area contributed by atoms with Crippen molar-refractivity contribution in [3.05, 3.63) is 41.1 Å². The van der Waals surface area contributed by atoms with Crippen molar-refractivity contribution in [1.29, 1.82) is 0 Å². The molecule has 0 bridgehead atoms. The van der Waals surface area contributed by atoms with Crippen molar-refractivity contribution in [2.45, 2.75) is 19.1 Å². The number of thiophene rings is 1. The standard InChI is InChI=1S/C13H18NO2SSi.Ac/c1-5-8-18(3,4)12-7-6-10(17-12)9-11(14)13(15)16-2;/h5-7,9,14H,1,8H2,2-4H3;/q-1;/b11-9-;. The molecule has 0 fully saturated rings. The predicted octanol–water partition coefficient (Wildman–Crippen LogP) is 3.42. The molecule has 1 radical (unpaired) electrons. The molecule has 19 heavy (non-hydrogen) atoms. The fourth-order valence-electron chi connectivity index (χ4n) is 1.57. The molecule has 1 aromatic rings. The van der Waals surface area contributed by atoms with Crippen LogP contribution < -0.4 is 4.50 Å². The average molecular weight is 507 g/mol. The summed E-state index contributed by atoms with van der Waals surface area (Å²) in [6.45, 7) is 8.37. The van der Waals surface area contributed by atoms with Gasteiger partial charge in [0.25, 0.3) is 0 Å². The smallest absolute Gasteiger partial charge is 0.315 e. The molecule has 1 aromatic heterocycles. The van der Waals surface area contributed by atoms with Crippen LogP contribution in [-0.4, -0.2) is 21.2 Å². The molecule has 1 rings (SSSR count). The van der Waals surface area contributed by atoms with Crippen molar-refractivity contribution in [3.63, 3.8) is 0 Å². The van der Waals surface area contributed by atoms with Gasteiger partial charge in [0, 0.05) is 48.9 Å². The quantitative estimate of drug-likeness (QED) is 0.266. The van der Waals surface area contributed by atoms with Gasteiger partial charge in [-0.25, -0.2) is 4.79 Å². The summed E-state index contributed by atoms with van der Waals surface area (Å²) in [7, 11) is -0.169. The molecule has 0 aliphatic rings. The zero-order valence-corrected chi connectivity index (χ0v) is 18.1. The number of esters is 1. The average Bonchev–Trinajstić information content (AvgIpc) is 2.77. The Hall–Kier alpha value is 0.108. The number of carbonyl (C=O) groups excluding carboxylic acids is 1. The van der Waals surface area contributed by atoms with E-state index in [9.17, 15) is 4.79 Å². The first-order chi connectivity index (χ1) is 8.40. The zero-order valence-electron chi connectivity index (χ0n) is 11.5. The number of hydrogen-bond donors (Lipinski definition) is 0. The fraction of sp³-hybridized carbons (Fsp3) is 0.308. The maximum atomic E-state index is 11.1. The molecule has 0 saturated carbocycles. The first-order valence-electron chi connectivity index (χ1n) is 5.63. The minimum atomic E-state index is -1.45. The van der Waals surface area contributed by atoms with E-state index in [2.05, 4.69) is 30.5 Å². The number of allylic oxidation sites excluding steroid dienone is 1. The fourth-order valence-corrected chi connectivity index (χ4v) is 5.44. The Morgan fingerprint density at radius 3 is 2.68 bits per heavy atom. The van der Waals surface area contributed by atoms with E-state index in [0.29, 0.717) is 0 Å². The van der Waals surface area contributed by atoms with Gasteiger partial charge < -0.3 is 10.5 Å². The topological polar surface area (TPSA) is 50.1 Å². The summed E-state index contributed by atoms with van der Waals surface area (Å²) in [4.78, 5) is 12.1. The number of rotatable bonds is 5. The van der Waals surface area contributed by atoms with Gasteiger partial charge in [-0.15, -0.1) is 17.9 Å². The Morgan fingerprint density at radius 1 is 1.53 bits per heavy atom.